The lowest BCUT2D eigenvalue weighted by Gasteiger charge is -2.29. The molecule has 166 valence electrons. The van der Waals surface area contributed by atoms with Crippen molar-refractivity contribution in [3.05, 3.63) is 89.1 Å². The smallest absolute Gasteiger partial charge is 0.339 e. The van der Waals surface area contributed by atoms with Crippen molar-refractivity contribution in [3.8, 4) is 0 Å². The number of benzene rings is 3. The number of rotatable bonds is 6. The van der Waals surface area contributed by atoms with Crippen LogP contribution in [0.15, 0.2) is 66.7 Å². The maximum Gasteiger partial charge on any atom is 0.339 e. The van der Waals surface area contributed by atoms with Gasteiger partial charge < -0.3 is 4.74 Å². The van der Waals surface area contributed by atoms with E-state index in [1.165, 1.54) is 0 Å². The standard InChI is InChI=1S/C28H26N2O3/c1-2-14-30-15-13-25-23(17-30)27(22-9-5-6-10-24(22)29-25)28(32)33-18-26(31)21-12-11-19-7-3-4-8-20(19)16-21/h3-12,16H,2,13-15,17-18H2,1H3. The number of ketones is 1. The summed E-state index contributed by atoms with van der Waals surface area (Å²) in [6, 6.07) is 21.1. The number of nitrogens with zero attached hydrogens (tertiary/aromatic N) is 2. The molecule has 0 bridgehead atoms. The first-order valence-corrected chi connectivity index (χ1v) is 11.5. The molecule has 0 saturated heterocycles. The maximum atomic E-state index is 13.3. The Hall–Kier alpha value is -3.57. The lowest BCUT2D eigenvalue weighted by molar-refractivity contribution is 0.0474. The van der Waals surface area contributed by atoms with E-state index in [0.29, 0.717) is 17.7 Å². The van der Waals surface area contributed by atoms with Crippen LogP contribution >= 0.6 is 0 Å². The minimum Gasteiger partial charge on any atom is -0.454 e. The fourth-order valence-corrected chi connectivity index (χ4v) is 4.64. The molecular weight excluding hydrogens is 412 g/mol. The number of Topliss-reactive ketones (excluding diaryl/α,β-unsaturated/α-hetero) is 1. The van der Waals surface area contributed by atoms with Gasteiger partial charge in [0.2, 0.25) is 0 Å². The van der Waals surface area contributed by atoms with Crippen molar-refractivity contribution in [2.75, 3.05) is 19.7 Å². The van der Waals surface area contributed by atoms with Gasteiger partial charge in [-0.15, -0.1) is 0 Å². The van der Waals surface area contributed by atoms with E-state index < -0.39 is 5.97 Å². The summed E-state index contributed by atoms with van der Waals surface area (Å²) in [6.45, 7) is 4.44. The van der Waals surface area contributed by atoms with Gasteiger partial charge in [-0.2, -0.15) is 0 Å². The predicted molar refractivity (Wildman–Crippen MR) is 130 cm³/mol. The van der Waals surface area contributed by atoms with Gasteiger partial charge in [0.25, 0.3) is 0 Å². The van der Waals surface area contributed by atoms with Crippen molar-refractivity contribution in [1.29, 1.82) is 0 Å². The van der Waals surface area contributed by atoms with E-state index in [2.05, 4.69) is 11.8 Å². The summed E-state index contributed by atoms with van der Waals surface area (Å²) >= 11 is 0. The minimum atomic E-state index is -0.461. The number of ether oxygens (including phenoxy) is 1. The minimum absolute atomic E-state index is 0.214. The Kier molecular flexibility index (Phi) is 5.88. The second kappa shape index (κ2) is 9.12. The highest BCUT2D eigenvalue weighted by Gasteiger charge is 2.26. The second-order valence-electron chi connectivity index (χ2n) is 8.52. The monoisotopic (exact) mass is 438 g/mol. The van der Waals surface area contributed by atoms with Crippen molar-refractivity contribution < 1.29 is 14.3 Å². The van der Waals surface area contributed by atoms with E-state index in [4.69, 9.17) is 9.72 Å². The summed E-state index contributed by atoms with van der Waals surface area (Å²) in [6.07, 6.45) is 1.85. The quantitative estimate of drug-likeness (QED) is 0.306. The molecule has 0 spiro atoms. The van der Waals surface area contributed by atoms with Gasteiger partial charge in [0, 0.05) is 41.7 Å². The van der Waals surface area contributed by atoms with Crippen LogP contribution < -0.4 is 0 Å². The van der Waals surface area contributed by atoms with E-state index in [1.54, 1.807) is 6.07 Å². The molecule has 3 aromatic carbocycles. The second-order valence-corrected chi connectivity index (χ2v) is 8.52. The fourth-order valence-electron chi connectivity index (χ4n) is 4.64. The van der Waals surface area contributed by atoms with Gasteiger partial charge in [-0.05, 0) is 35.9 Å². The molecule has 0 N–H and O–H groups in total. The number of fused-ring (bicyclic) bond motifs is 3. The maximum absolute atomic E-state index is 13.3. The third-order valence-electron chi connectivity index (χ3n) is 6.28. The van der Waals surface area contributed by atoms with E-state index in [-0.39, 0.29) is 12.4 Å². The number of carbonyl (C=O) groups excluding carboxylic acids is 2. The average molecular weight is 439 g/mol. The summed E-state index contributed by atoms with van der Waals surface area (Å²) in [5.41, 5.74) is 3.75. The Bertz CT molecular complexity index is 1360. The van der Waals surface area contributed by atoms with Crippen LogP contribution in [0.25, 0.3) is 21.7 Å². The highest BCUT2D eigenvalue weighted by molar-refractivity contribution is 6.07. The first-order valence-electron chi connectivity index (χ1n) is 11.5. The Morgan fingerprint density at radius 3 is 2.64 bits per heavy atom. The van der Waals surface area contributed by atoms with Crippen molar-refractivity contribution in [3.63, 3.8) is 0 Å². The molecule has 4 aromatic rings. The van der Waals surface area contributed by atoms with Crippen LogP contribution in [-0.2, 0) is 17.7 Å². The third kappa shape index (κ3) is 4.24. The molecule has 0 radical (unpaired) electrons. The van der Waals surface area contributed by atoms with Gasteiger partial charge >= 0.3 is 5.97 Å². The van der Waals surface area contributed by atoms with Crippen LogP contribution in [0.3, 0.4) is 0 Å². The SMILES string of the molecule is CCCN1CCc2nc3ccccc3c(C(=O)OCC(=O)c3ccc4ccccc4c3)c2C1. The van der Waals surface area contributed by atoms with E-state index >= 15 is 0 Å². The van der Waals surface area contributed by atoms with Gasteiger partial charge in [0.15, 0.2) is 12.4 Å². The van der Waals surface area contributed by atoms with E-state index in [0.717, 1.165) is 58.9 Å². The molecule has 0 atom stereocenters. The number of para-hydroxylation sites is 1. The summed E-state index contributed by atoms with van der Waals surface area (Å²) in [7, 11) is 0. The van der Waals surface area contributed by atoms with Gasteiger partial charge in [-0.25, -0.2) is 4.79 Å². The van der Waals surface area contributed by atoms with Gasteiger partial charge in [-0.1, -0.05) is 61.5 Å². The highest BCUT2D eigenvalue weighted by Crippen LogP contribution is 2.29. The lowest BCUT2D eigenvalue weighted by Crippen LogP contribution is -2.33. The zero-order valence-corrected chi connectivity index (χ0v) is 18.7. The molecule has 1 aromatic heterocycles. The summed E-state index contributed by atoms with van der Waals surface area (Å²) in [4.78, 5) is 33.3. The van der Waals surface area contributed by atoms with Gasteiger partial charge in [-0.3, -0.25) is 14.7 Å². The molecule has 1 aliphatic heterocycles. The molecule has 0 unspecified atom stereocenters. The number of pyridine rings is 1. The number of hydrogen-bond donors (Lipinski definition) is 0. The molecule has 0 aliphatic carbocycles. The van der Waals surface area contributed by atoms with Crippen molar-refractivity contribution in [2.24, 2.45) is 0 Å². The molecule has 0 saturated carbocycles. The van der Waals surface area contributed by atoms with Crippen LogP contribution in [0.2, 0.25) is 0 Å². The summed E-state index contributed by atoms with van der Waals surface area (Å²) in [5.74, 6) is -0.675. The lowest BCUT2D eigenvalue weighted by atomic mass is 9.95. The molecule has 5 nitrogen and oxygen atoms in total. The summed E-state index contributed by atoms with van der Waals surface area (Å²) in [5, 5.41) is 2.83. The number of esters is 1. The Morgan fingerprint density at radius 2 is 1.79 bits per heavy atom. The Balaban J connectivity index is 1.42. The zero-order valence-electron chi connectivity index (χ0n) is 18.7. The van der Waals surface area contributed by atoms with E-state index in [9.17, 15) is 9.59 Å². The van der Waals surface area contributed by atoms with Crippen LogP contribution in [0, 0.1) is 0 Å². The molecule has 5 heteroatoms. The molecule has 5 rings (SSSR count). The topological polar surface area (TPSA) is 59.5 Å². The van der Waals surface area contributed by atoms with Crippen LogP contribution in [0.5, 0.6) is 0 Å². The largest absolute Gasteiger partial charge is 0.454 e. The molecule has 0 fully saturated rings. The van der Waals surface area contributed by atoms with Crippen molar-refractivity contribution in [2.45, 2.75) is 26.3 Å². The first-order chi connectivity index (χ1) is 16.1. The molecule has 1 aliphatic rings. The molecule has 0 amide bonds. The Morgan fingerprint density at radius 1 is 1.00 bits per heavy atom. The number of hydrogen-bond acceptors (Lipinski definition) is 5. The molecule has 33 heavy (non-hydrogen) atoms. The zero-order chi connectivity index (χ0) is 22.8. The van der Waals surface area contributed by atoms with Crippen LogP contribution in [0.1, 0.15) is 45.3 Å². The molecular formula is C28H26N2O3. The van der Waals surface area contributed by atoms with Crippen LogP contribution in [-0.4, -0.2) is 41.3 Å². The fraction of sp³-hybridized carbons (Fsp3) is 0.250. The average Bonchev–Trinajstić information content (AvgIpc) is 2.85. The normalized spacial score (nSPS) is 13.7. The third-order valence-corrected chi connectivity index (χ3v) is 6.28. The predicted octanol–water partition coefficient (Wildman–Crippen LogP) is 5.20. The van der Waals surface area contributed by atoms with Gasteiger partial charge in [0.05, 0.1) is 11.1 Å². The summed E-state index contributed by atoms with van der Waals surface area (Å²) < 4.78 is 5.59. The number of carbonyl (C=O) groups is 2. The molecule has 2 heterocycles. The van der Waals surface area contributed by atoms with Crippen molar-refractivity contribution >= 4 is 33.4 Å². The van der Waals surface area contributed by atoms with Crippen molar-refractivity contribution in [1.82, 2.24) is 9.88 Å². The van der Waals surface area contributed by atoms with E-state index in [1.807, 2.05) is 60.7 Å². The Labute approximate surface area is 193 Å². The number of aromatic nitrogens is 1. The highest BCUT2D eigenvalue weighted by atomic mass is 16.5. The van der Waals surface area contributed by atoms with Crippen LogP contribution in [0.4, 0.5) is 0 Å². The first kappa shape index (κ1) is 21.3. The van der Waals surface area contributed by atoms with Gasteiger partial charge in [0.1, 0.15) is 0 Å².